The summed E-state index contributed by atoms with van der Waals surface area (Å²) in [5.41, 5.74) is 6.68. The third-order valence-electron chi connectivity index (χ3n) is 12.9. The van der Waals surface area contributed by atoms with Crippen LogP contribution in [-0.2, 0) is 22.3 Å². The van der Waals surface area contributed by atoms with Crippen LogP contribution in [0.2, 0.25) is 0 Å². The van der Waals surface area contributed by atoms with E-state index in [2.05, 4.69) is 45.3 Å². The minimum atomic E-state index is -1.15. The van der Waals surface area contributed by atoms with Crippen molar-refractivity contribution < 1.29 is 44.6 Å². The number of phenols is 4. The topological polar surface area (TPSA) is 169 Å². The number of allylic oxidation sites excluding steroid dienone is 6. The zero-order chi connectivity index (χ0) is 46.2. The Kier molecular flexibility index (Phi) is 20.3. The maximum atomic E-state index is 13.5. The van der Waals surface area contributed by atoms with Crippen molar-refractivity contribution >= 4 is 11.9 Å². The molecule has 0 aromatic heterocycles. The highest BCUT2D eigenvalue weighted by atomic mass is 16.5. The molecule has 6 N–H and O–H groups in total. The summed E-state index contributed by atoms with van der Waals surface area (Å²) >= 11 is 0. The molecule has 0 bridgehead atoms. The first kappa shape index (κ1) is 51.1. The molecule has 2 saturated heterocycles. The van der Waals surface area contributed by atoms with Gasteiger partial charge in [0.2, 0.25) is 0 Å². The molecule has 4 aliphatic rings. The number of rotatable bonds is 14. The molecule has 2 aromatic rings. The number of aromatic hydroxyl groups is 4. The summed E-state index contributed by atoms with van der Waals surface area (Å²) in [4.78, 5) is 27.1. The van der Waals surface area contributed by atoms with Gasteiger partial charge in [0.25, 0.3) is 5.91 Å². The summed E-state index contributed by atoms with van der Waals surface area (Å²) in [6.07, 6.45) is 14.9. The van der Waals surface area contributed by atoms with Gasteiger partial charge in [-0.2, -0.15) is 0 Å². The number of carbonyl (C=O) groups is 2. The van der Waals surface area contributed by atoms with Gasteiger partial charge in [-0.1, -0.05) is 87.1 Å². The van der Waals surface area contributed by atoms with Crippen LogP contribution in [-0.4, -0.2) is 94.9 Å². The molecule has 11 nitrogen and oxygen atoms in total. The fraction of sp³-hybridized carbons (Fsp3) is 0.577. The van der Waals surface area contributed by atoms with Gasteiger partial charge in [-0.05, 0) is 114 Å². The van der Waals surface area contributed by atoms with Crippen LogP contribution < -0.4 is 5.32 Å². The number of morpholine rings is 2. The number of hydrogen-bond acceptors (Lipinski definition) is 9. The monoisotopic (exact) mass is 873 g/mol. The summed E-state index contributed by atoms with van der Waals surface area (Å²) in [5, 5.41) is 56.8. The lowest BCUT2D eigenvalue weighted by atomic mass is 9.73. The Morgan fingerprint density at radius 2 is 1.13 bits per heavy atom. The van der Waals surface area contributed by atoms with Gasteiger partial charge in [0.1, 0.15) is 28.6 Å². The minimum absolute atomic E-state index is 0.0267. The van der Waals surface area contributed by atoms with Crippen LogP contribution >= 0.6 is 0 Å². The van der Waals surface area contributed by atoms with E-state index in [1.54, 1.807) is 11.0 Å². The number of ether oxygens (including phenoxy) is 2. The summed E-state index contributed by atoms with van der Waals surface area (Å²) in [6.45, 7) is 26.3. The van der Waals surface area contributed by atoms with Gasteiger partial charge in [-0.3, -0.25) is 4.79 Å². The third kappa shape index (κ3) is 13.7. The van der Waals surface area contributed by atoms with Crippen molar-refractivity contribution in [1.82, 2.24) is 10.2 Å². The van der Waals surface area contributed by atoms with Crippen molar-refractivity contribution in [3.05, 3.63) is 93.1 Å². The molecule has 0 unspecified atom stereocenters. The molecule has 2 aliphatic heterocycles. The van der Waals surface area contributed by atoms with E-state index in [4.69, 9.17) is 9.47 Å². The Bertz CT molecular complexity index is 1940. The van der Waals surface area contributed by atoms with Crippen molar-refractivity contribution in [2.75, 3.05) is 52.6 Å². The second-order valence-corrected chi connectivity index (χ2v) is 17.9. The molecule has 348 valence electrons. The molecule has 2 fully saturated rings. The number of carboxylic acids is 1. The Labute approximate surface area is 376 Å². The molecule has 2 aliphatic carbocycles. The number of benzene rings is 2. The standard InChI is InChI=1S/C26H37NO4.C22H30O4.C4H9NO/c1-5-6-7-8-19-16-22(28)24(21-15-18(4)9-10-20(21)17(2)3)25(29)23(19)26(30)27-11-13-31-14-12-27;1-5-6-7-8-15-12-18(23)20(21(24)19(15)22(25)26)17-11-14(4)9-10-16(17)13(2)3;1-3-6-4-2-5-1/h15-16,20-21,28-29H,2,5-14H2,1,3-4H3;11-12,16-17,23-24H,2,5-10H2,1,3-4H3,(H,25,26);5H,1-4H2/t20-,21+;16-,17+;/m00./s1. The average Bonchev–Trinajstić information content (AvgIpc) is 3.24. The Hall–Kier alpha value is -4.58. The van der Waals surface area contributed by atoms with Crippen LogP contribution in [0.4, 0.5) is 0 Å². The molecular formula is C52H76N2O9. The predicted octanol–water partition coefficient (Wildman–Crippen LogP) is 10.5. The summed E-state index contributed by atoms with van der Waals surface area (Å²) < 4.78 is 10.4. The normalized spacial score (nSPS) is 21.1. The first-order chi connectivity index (χ1) is 30.1. The quantitative estimate of drug-likeness (QED) is 0.0794. The number of aryl methyl sites for hydroxylation is 2. The number of hydrogen-bond donors (Lipinski definition) is 6. The highest BCUT2D eigenvalue weighted by Gasteiger charge is 2.35. The van der Waals surface area contributed by atoms with Crippen molar-refractivity contribution in [2.45, 2.75) is 130 Å². The Balaban J connectivity index is 0.000000246. The maximum Gasteiger partial charge on any atom is 0.339 e. The molecule has 1 amide bonds. The molecular weight excluding hydrogens is 797 g/mol. The lowest BCUT2D eigenvalue weighted by Crippen LogP contribution is -2.41. The zero-order valence-electron chi connectivity index (χ0n) is 39.0. The van der Waals surface area contributed by atoms with Crippen molar-refractivity contribution in [1.29, 1.82) is 0 Å². The molecule has 11 heteroatoms. The van der Waals surface area contributed by atoms with Gasteiger partial charge in [0.05, 0.1) is 32.0 Å². The van der Waals surface area contributed by atoms with Gasteiger partial charge >= 0.3 is 5.97 Å². The van der Waals surface area contributed by atoms with E-state index >= 15 is 0 Å². The van der Waals surface area contributed by atoms with E-state index in [0.717, 1.165) is 107 Å². The largest absolute Gasteiger partial charge is 0.507 e. The van der Waals surface area contributed by atoms with Gasteiger partial charge in [-0.15, -0.1) is 0 Å². The van der Waals surface area contributed by atoms with Crippen molar-refractivity contribution in [3.63, 3.8) is 0 Å². The molecule has 4 atom stereocenters. The molecule has 0 spiro atoms. The predicted molar refractivity (Wildman–Crippen MR) is 251 cm³/mol. The van der Waals surface area contributed by atoms with E-state index in [1.165, 1.54) is 17.2 Å². The fourth-order valence-electron chi connectivity index (χ4n) is 9.36. The number of carbonyl (C=O) groups excluding carboxylic acids is 1. The molecule has 6 rings (SSSR count). The minimum Gasteiger partial charge on any atom is -0.507 e. The van der Waals surface area contributed by atoms with Gasteiger partial charge < -0.3 is 45.2 Å². The van der Waals surface area contributed by atoms with E-state index < -0.39 is 5.97 Å². The second kappa shape index (κ2) is 25.1. The molecule has 0 saturated carbocycles. The van der Waals surface area contributed by atoms with Gasteiger partial charge in [-0.25, -0.2) is 4.79 Å². The summed E-state index contributed by atoms with van der Waals surface area (Å²) in [7, 11) is 0. The van der Waals surface area contributed by atoms with E-state index in [0.29, 0.717) is 61.4 Å². The van der Waals surface area contributed by atoms with Gasteiger partial charge in [0.15, 0.2) is 0 Å². The van der Waals surface area contributed by atoms with Crippen LogP contribution in [0.5, 0.6) is 23.0 Å². The smallest absolute Gasteiger partial charge is 0.339 e. The van der Waals surface area contributed by atoms with E-state index in [9.17, 15) is 35.1 Å². The lowest BCUT2D eigenvalue weighted by Gasteiger charge is -2.33. The molecule has 0 radical (unpaired) electrons. The fourth-order valence-corrected chi connectivity index (χ4v) is 9.36. The molecule has 63 heavy (non-hydrogen) atoms. The average molecular weight is 873 g/mol. The molecule has 2 heterocycles. The highest BCUT2D eigenvalue weighted by molar-refractivity contribution is 5.99. The first-order valence-corrected chi connectivity index (χ1v) is 23.3. The van der Waals surface area contributed by atoms with Crippen LogP contribution in [0.3, 0.4) is 0 Å². The Morgan fingerprint density at radius 3 is 1.51 bits per heavy atom. The lowest BCUT2D eigenvalue weighted by molar-refractivity contribution is 0.0300. The highest BCUT2D eigenvalue weighted by Crippen LogP contribution is 2.50. The van der Waals surface area contributed by atoms with Crippen LogP contribution in [0.1, 0.15) is 161 Å². The van der Waals surface area contributed by atoms with Crippen LogP contribution in [0.25, 0.3) is 0 Å². The second-order valence-electron chi connectivity index (χ2n) is 17.9. The number of nitrogens with one attached hydrogen (secondary N) is 1. The number of unbranched alkanes of at least 4 members (excludes halogenated alkanes) is 4. The molecule has 2 aromatic carbocycles. The first-order valence-electron chi connectivity index (χ1n) is 23.3. The number of nitrogens with zero attached hydrogens (tertiary/aromatic N) is 1. The van der Waals surface area contributed by atoms with Crippen LogP contribution in [0, 0.1) is 11.8 Å². The zero-order valence-corrected chi connectivity index (χ0v) is 39.0. The van der Waals surface area contributed by atoms with Gasteiger partial charge in [0, 0.05) is 49.1 Å². The third-order valence-corrected chi connectivity index (χ3v) is 12.9. The van der Waals surface area contributed by atoms with Crippen molar-refractivity contribution in [2.24, 2.45) is 11.8 Å². The number of phenolic OH excluding ortho intramolecular Hbond substituents is 3. The summed E-state index contributed by atoms with van der Waals surface area (Å²) in [5.74, 6) is -1.89. The van der Waals surface area contributed by atoms with Crippen LogP contribution in [0.15, 0.2) is 59.7 Å². The van der Waals surface area contributed by atoms with E-state index in [1.807, 2.05) is 26.8 Å². The number of aromatic carboxylic acids is 1. The van der Waals surface area contributed by atoms with Crippen molar-refractivity contribution in [3.8, 4) is 23.0 Å². The SMILES string of the molecule is C1COCCN1.C=C(C)[C@@H]1CCC(C)=C[C@H]1c1c(O)cc(CCCCC)c(C(=O)N2CCOCC2)c1O.C=C(C)[C@@H]1CCC(C)=C[C@H]1c1c(O)cc(CCCCC)c(C(=O)O)c1O. The maximum absolute atomic E-state index is 13.5. The summed E-state index contributed by atoms with van der Waals surface area (Å²) in [6, 6.07) is 3.24. The number of carboxylic acid groups (broad SMARTS) is 1. The number of amides is 1. The Morgan fingerprint density at radius 1 is 0.698 bits per heavy atom. The van der Waals surface area contributed by atoms with E-state index in [-0.39, 0.29) is 58.1 Å².